The fourth-order valence-corrected chi connectivity index (χ4v) is 0.843. The summed E-state index contributed by atoms with van der Waals surface area (Å²) in [6.07, 6.45) is -2.15. The van der Waals surface area contributed by atoms with Crippen molar-refractivity contribution in [2.75, 3.05) is 6.61 Å². The van der Waals surface area contributed by atoms with Crippen LogP contribution in [-0.4, -0.2) is 40.8 Å². The maximum atomic E-state index is 10.5. The van der Waals surface area contributed by atoms with Crippen LogP contribution < -0.4 is 0 Å². The van der Waals surface area contributed by atoms with Crippen LogP contribution in [0.5, 0.6) is 0 Å². The number of hydrogen-bond donors (Lipinski definition) is 2. The summed E-state index contributed by atoms with van der Waals surface area (Å²) in [5, 5.41) is 17.3. The third-order valence-electron chi connectivity index (χ3n) is 1.49. The molecule has 11 heavy (non-hydrogen) atoms. The molecule has 1 aliphatic heterocycles. The Balaban J connectivity index is 2.53. The van der Waals surface area contributed by atoms with Crippen molar-refractivity contribution in [1.29, 1.82) is 0 Å². The van der Waals surface area contributed by atoms with Crippen LogP contribution in [0.3, 0.4) is 0 Å². The van der Waals surface area contributed by atoms with Crippen LogP contribution in [0, 0.1) is 0 Å². The van der Waals surface area contributed by atoms with Gasteiger partial charge in [0.1, 0.15) is 12.2 Å². The molecule has 1 fully saturated rings. The van der Waals surface area contributed by atoms with Gasteiger partial charge >= 0.3 is 5.97 Å². The van der Waals surface area contributed by atoms with Crippen molar-refractivity contribution < 1.29 is 24.5 Å². The number of aliphatic hydroxyl groups excluding tert-OH is 2. The van der Waals surface area contributed by atoms with Crippen molar-refractivity contribution in [2.45, 2.75) is 18.6 Å². The van der Waals surface area contributed by atoms with Gasteiger partial charge in [0.2, 0.25) is 5.78 Å². The molecular weight excluding hydrogens is 152 g/mol. The van der Waals surface area contributed by atoms with Crippen LogP contribution in [0.1, 0.15) is 6.42 Å². The predicted octanol–water partition coefficient (Wildman–Crippen LogP) is -1.78. The summed E-state index contributed by atoms with van der Waals surface area (Å²) >= 11 is 0. The van der Waals surface area contributed by atoms with Crippen LogP contribution in [0.4, 0.5) is 0 Å². The van der Waals surface area contributed by atoms with Gasteiger partial charge in [0.25, 0.3) is 0 Å². The standard InChI is InChI=1S/C6H8O5/c7-2-4(9)5-1-3(8)6(10)11-5/h4-5,7,9H,1-2H2. The lowest BCUT2D eigenvalue weighted by molar-refractivity contribution is -0.151. The van der Waals surface area contributed by atoms with Gasteiger partial charge in [-0.2, -0.15) is 0 Å². The van der Waals surface area contributed by atoms with Gasteiger partial charge in [0.15, 0.2) is 0 Å². The molecule has 0 bridgehead atoms. The molecule has 5 heteroatoms. The average molecular weight is 160 g/mol. The highest BCUT2D eigenvalue weighted by atomic mass is 16.6. The second-order valence-corrected chi connectivity index (χ2v) is 2.32. The van der Waals surface area contributed by atoms with E-state index in [0.717, 1.165) is 0 Å². The summed E-state index contributed by atoms with van der Waals surface area (Å²) in [5.74, 6) is -1.58. The van der Waals surface area contributed by atoms with E-state index in [1.54, 1.807) is 0 Å². The smallest absolute Gasteiger partial charge is 0.375 e. The zero-order chi connectivity index (χ0) is 8.43. The summed E-state index contributed by atoms with van der Waals surface area (Å²) in [6, 6.07) is 0. The highest BCUT2D eigenvalue weighted by Gasteiger charge is 2.36. The number of Topliss-reactive ketones (excluding diaryl/α,β-unsaturated/α-hetero) is 1. The Morgan fingerprint density at radius 1 is 1.64 bits per heavy atom. The number of carbonyl (C=O) groups is 2. The molecule has 2 unspecified atom stereocenters. The lowest BCUT2D eigenvalue weighted by atomic mass is 10.1. The summed E-state index contributed by atoms with van der Waals surface area (Å²) < 4.78 is 4.43. The van der Waals surface area contributed by atoms with E-state index in [1.807, 2.05) is 0 Å². The van der Waals surface area contributed by atoms with Gasteiger partial charge in [0.05, 0.1) is 13.0 Å². The number of aliphatic hydroxyl groups is 2. The molecule has 0 amide bonds. The fraction of sp³-hybridized carbons (Fsp3) is 0.667. The van der Waals surface area contributed by atoms with E-state index in [9.17, 15) is 9.59 Å². The summed E-state index contributed by atoms with van der Waals surface area (Å²) in [6.45, 7) is -0.509. The summed E-state index contributed by atoms with van der Waals surface area (Å²) in [7, 11) is 0. The molecule has 2 atom stereocenters. The van der Waals surface area contributed by atoms with Crippen molar-refractivity contribution in [1.82, 2.24) is 0 Å². The summed E-state index contributed by atoms with van der Waals surface area (Å²) in [5.41, 5.74) is 0. The molecule has 0 aromatic heterocycles. The zero-order valence-corrected chi connectivity index (χ0v) is 5.69. The quantitative estimate of drug-likeness (QED) is 0.368. The Morgan fingerprint density at radius 3 is 2.64 bits per heavy atom. The first-order valence-corrected chi connectivity index (χ1v) is 3.18. The molecule has 0 radical (unpaired) electrons. The van der Waals surface area contributed by atoms with E-state index in [0.29, 0.717) is 0 Å². The van der Waals surface area contributed by atoms with Gasteiger partial charge in [-0.25, -0.2) is 4.79 Å². The molecule has 5 nitrogen and oxygen atoms in total. The SMILES string of the molecule is O=C1CC(C(O)CO)OC1=O. The van der Waals surface area contributed by atoms with Gasteiger partial charge in [-0.15, -0.1) is 0 Å². The lowest BCUT2D eigenvalue weighted by Gasteiger charge is -2.12. The van der Waals surface area contributed by atoms with E-state index in [1.165, 1.54) is 0 Å². The Hall–Kier alpha value is -0.940. The molecule has 1 rings (SSSR count). The van der Waals surface area contributed by atoms with Crippen molar-refractivity contribution in [3.63, 3.8) is 0 Å². The Labute approximate surface area is 62.6 Å². The van der Waals surface area contributed by atoms with Crippen molar-refractivity contribution in [2.24, 2.45) is 0 Å². The van der Waals surface area contributed by atoms with Crippen LogP contribution in [0.15, 0.2) is 0 Å². The molecule has 1 heterocycles. The molecule has 0 aromatic carbocycles. The molecule has 0 saturated carbocycles. The molecule has 0 spiro atoms. The highest BCUT2D eigenvalue weighted by molar-refractivity contribution is 6.35. The molecule has 62 valence electrons. The Kier molecular flexibility index (Phi) is 2.21. The third-order valence-corrected chi connectivity index (χ3v) is 1.49. The number of ether oxygens (including phenoxy) is 1. The topological polar surface area (TPSA) is 83.8 Å². The van der Waals surface area contributed by atoms with Crippen LogP contribution in [0.25, 0.3) is 0 Å². The molecule has 2 N–H and O–H groups in total. The van der Waals surface area contributed by atoms with Gasteiger partial charge in [-0.3, -0.25) is 4.79 Å². The van der Waals surface area contributed by atoms with Crippen molar-refractivity contribution in [3.05, 3.63) is 0 Å². The Bertz CT molecular complexity index is 171. The number of cyclic esters (lactones) is 1. The van der Waals surface area contributed by atoms with Crippen LogP contribution in [0.2, 0.25) is 0 Å². The second kappa shape index (κ2) is 2.98. The third kappa shape index (κ3) is 1.55. The minimum absolute atomic E-state index is 0.138. The fourth-order valence-electron chi connectivity index (χ4n) is 0.843. The molecule has 0 aliphatic carbocycles. The number of ketones is 1. The van der Waals surface area contributed by atoms with Crippen LogP contribution >= 0.6 is 0 Å². The molecule has 0 aromatic rings. The number of hydrogen-bond acceptors (Lipinski definition) is 5. The lowest BCUT2D eigenvalue weighted by Crippen LogP contribution is -2.28. The average Bonchev–Trinajstić information content (AvgIpc) is 2.31. The molecule has 1 aliphatic rings. The maximum absolute atomic E-state index is 10.5. The largest absolute Gasteiger partial charge is 0.453 e. The van der Waals surface area contributed by atoms with E-state index >= 15 is 0 Å². The Morgan fingerprint density at radius 2 is 2.27 bits per heavy atom. The first-order chi connectivity index (χ1) is 5.15. The first kappa shape index (κ1) is 8.16. The summed E-state index contributed by atoms with van der Waals surface area (Å²) in [4.78, 5) is 21.0. The van der Waals surface area contributed by atoms with E-state index in [2.05, 4.69) is 4.74 Å². The minimum Gasteiger partial charge on any atom is -0.453 e. The minimum atomic E-state index is -1.15. The van der Waals surface area contributed by atoms with E-state index < -0.39 is 30.6 Å². The highest BCUT2D eigenvalue weighted by Crippen LogP contribution is 2.13. The second-order valence-electron chi connectivity index (χ2n) is 2.32. The van der Waals surface area contributed by atoms with Gasteiger partial charge in [-0.05, 0) is 0 Å². The van der Waals surface area contributed by atoms with E-state index in [4.69, 9.17) is 10.2 Å². The van der Waals surface area contributed by atoms with Crippen molar-refractivity contribution >= 4 is 11.8 Å². The predicted molar refractivity (Wildman–Crippen MR) is 32.6 cm³/mol. The monoisotopic (exact) mass is 160 g/mol. The molecule has 1 saturated heterocycles. The number of rotatable bonds is 2. The zero-order valence-electron chi connectivity index (χ0n) is 5.69. The van der Waals surface area contributed by atoms with Gasteiger partial charge in [-0.1, -0.05) is 0 Å². The van der Waals surface area contributed by atoms with Gasteiger partial charge < -0.3 is 14.9 Å². The molecular formula is C6H8O5. The normalized spacial score (nSPS) is 26.9. The van der Waals surface area contributed by atoms with Crippen molar-refractivity contribution in [3.8, 4) is 0 Å². The maximum Gasteiger partial charge on any atom is 0.375 e. The first-order valence-electron chi connectivity index (χ1n) is 3.18. The number of carbonyl (C=O) groups excluding carboxylic acids is 2. The van der Waals surface area contributed by atoms with Crippen LogP contribution in [-0.2, 0) is 14.3 Å². The number of esters is 1. The van der Waals surface area contributed by atoms with Gasteiger partial charge in [0, 0.05) is 0 Å². The van der Waals surface area contributed by atoms with E-state index in [-0.39, 0.29) is 6.42 Å².